The van der Waals surface area contributed by atoms with Crippen molar-refractivity contribution in [3.05, 3.63) is 35.4 Å². The maximum Gasteiger partial charge on any atom is 0.262 e. The van der Waals surface area contributed by atoms with Crippen LogP contribution in [-0.4, -0.2) is 46.2 Å². The van der Waals surface area contributed by atoms with Crippen LogP contribution in [-0.2, 0) is 4.79 Å². The minimum Gasteiger partial charge on any atom is -0.352 e. The molecule has 0 bridgehead atoms. The molecule has 1 aromatic carbocycles. The van der Waals surface area contributed by atoms with Gasteiger partial charge in [-0.3, -0.25) is 19.3 Å². The first-order chi connectivity index (χ1) is 10.6. The molecule has 0 spiro atoms. The summed E-state index contributed by atoms with van der Waals surface area (Å²) in [6.45, 7) is 1.61. The van der Waals surface area contributed by atoms with Crippen LogP contribution in [0, 0.1) is 0 Å². The Kier molecular flexibility index (Phi) is 4.20. The van der Waals surface area contributed by atoms with E-state index in [-0.39, 0.29) is 23.8 Å². The lowest BCUT2D eigenvalue weighted by Crippen LogP contribution is -2.50. The number of rotatable bonds is 3. The average molecular weight is 318 g/mol. The summed E-state index contributed by atoms with van der Waals surface area (Å²) >= 11 is 1.88. The molecule has 6 heteroatoms. The standard InChI is InChI=1S/C16H18N2O3S/c1-10(14(19)17-11-6-8-22-9-7-11)18-15(20)12-4-2-3-5-13(12)16(18)21/h2-5,10-11H,6-9H2,1H3,(H,17,19)/t10-/m1/s1. The molecule has 0 radical (unpaired) electrons. The first-order valence-corrected chi connectivity index (χ1v) is 8.60. The second-order valence-electron chi connectivity index (χ2n) is 5.60. The molecule has 1 fully saturated rings. The van der Waals surface area contributed by atoms with E-state index in [0.717, 1.165) is 29.2 Å². The Morgan fingerprint density at radius 2 is 1.73 bits per heavy atom. The molecule has 2 aliphatic heterocycles. The number of nitrogens with zero attached hydrogens (tertiary/aromatic N) is 1. The number of carbonyl (C=O) groups is 3. The molecule has 1 saturated heterocycles. The van der Waals surface area contributed by atoms with Crippen LogP contribution < -0.4 is 5.32 Å². The Balaban J connectivity index is 1.72. The van der Waals surface area contributed by atoms with Crippen LogP contribution in [0.3, 0.4) is 0 Å². The number of amides is 3. The minimum absolute atomic E-state index is 0.145. The fourth-order valence-electron chi connectivity index (χ4n) is 2.84. The molecular weight excluding hydrogens is 300 g/mol. The molecule has 2 aliphatic rings. The second-order valence-corrected chi connectivity index (χ2v) is 6.82. The molecule has 3 rings (SSSR count). The minimum atomic E-state index is -0.790. The predicted octanol–water partition coefficient (Wildman–Crippen LogP) is 1.68. The maximum atomic E-state index is 12.4. The summed E-state index contributed by atoms with van der Waals surface area (Å²) in [5, 5.41) is 2.97. The van der Waals surface area contributed by atoms with Crippen molar-refractivity contribution in [2.75, 3.05) is 11.5 Å². The number of benzene rings is 1. The number of fused-ring (bicyclic) bond motifs is 1. The van der Waals surface area contributed by atoms with Crippen LogP contribution in [0.25, 0.3) is 0 Å². The molecule has 1 aromatic rings. The largest absolute Gasteiger partial charge is 0.352 e. The first kappa shape index (κ1) is 15.1. The molecule has 5 nitrogen and oxygen atoms in total. The fourth-order valence-corrected chi connectivity index (χ4v) is 3.95. The molecule has 0 unspecified atom stereocenters. The highest BCUT2D eigenvalue weighted by molar-refractivity contribution is 7.99. The summed E-state index contributed by atoms with van der Waals surface area (Å²) in [6.07, 6.45) is 1.87. The van der Waals surface area contributed by atoms with Gasteiger partial charge < -0.3 is 5.32 Å². The highest BCUT2D eigenvalue weighted by Crippen LogP contribution is 2.25. The third-order valence-corrected chi connectivity index (χ3v) is 5.21. The van der Waals surface area contributed by atoms with Crippen molar-refractivity contribution < 1.29 is 14.4 Å². The number of imide groups is 1. The van der Waals surface area contributed by atoms with Gasteiger partial charge in [-0.25, -0.2) is 0 Å². The Hall–Kier alpha value is -1.82. The quantitative estimate of drug-likeness (QED) is 0.861. The van der Waals surface area contributed by atoms with Crippen molar-refractivity contribution in [2.45, 2.75) is 31.8 Å². The number of thioether (sulfide) groups is 1. The van der Waals surface area contributed by atoms with Gasteiger partial charge in [0, 0.05) is 6.04 Å². The fraction of sp³-hybridized carbons (Fsp3) is 0.438. The first-order valence-electron chi connectivity index (χ1n) is 7.44. The molecule has 0 aliphatic carbocycles. The third-order valence-electron chi connectivity index (χ3n) is 4.16. The molecule has 0 saturated carbocycles. The van der Waals surface area contributed by atoms with Crippen LogP contribution in [0.1, 0.15) is 40.5 Å². The summed E-state index contributed by atoms with van der Waals surface area (Å²) in [5.41, 5.74) is 0.752. The van der Waals surface area contributed by atoms with Gasteiger partial charge in [0.1, 0.15) is 6.04 Å². The third kappa shape index (κ3) is 2.63. The van der Waals surface area contributed by atoms with Crippen molar-refractivity contribution >= 4 is 29.5 Å². The van der Waals surface area contributed by atoms with E-state index in [4.69, 9.17) is 0 Å². The van der Waals surface area contributed by atoms with Gasteiger partial charge in [0.15, 0.2) is 0 Å². The molecule has 2 heterocycles. The highest BCUT2D eigenvalue weighted by Gasteiger charge is 2.40. The molecular formula is C16H18N2O3S. The van der Waals surface area contributed by atoms with Gasteiger partial charge in [-0.2, -0.15) is 11.8 Å². The van der Waals surface area contributed by atoms with E-state index < -0.39 is 6.04 Å². The van der Waals surface area contributed by atoms with E-state index in [1.165, 1.54) is 0 Å². The monoisotopic (exact) mass is 318 g/mol. The van der Waals surface area contributed by atoms with Crippen LogP contribution in [0.15, 0.2) is 24.3 Å². The Morgan fingerprint density at radius 3 is 2.27 bits per heavy atom. The van der Waals surface area contributed by atoms with Crippen molar-refractivity contribution in [2.24, 2.45) is 0 Å². The number of nitrogens with one attached hydrogen (secondary N) is 1. The van der Waals surface area contributed by atoms with Gasteiger partial charge in [0.2, 0.25) is 5.91 Å². The smallest absolute Gasteiger partial charge is 0.262 e. The number of hydrogen-bond acceptors (Lipinski definition) is 4. The van der Waals surface area contributed by atoms with E-state index in [2.05, 4.69) is 5.32 Å². The number of carbonyl (C=O) groups excluding carboxylic acids is 3. The summed E-state index contributed by atoms with van der Waals surface area (Å²) in [6, 6.07) is 6.04. The molecule has 0 aromatic heterocycles. The van der Waals surface area contributed by atoms with Crippen molar-refractivity contribution in [3.63, 3.8) is 0 Å². The van der Waals surface area contributed by atoms with Gasteiger partial charge in [-0.05, 0) is 43.4 Å². The van der Waals surface area contributed by atoms with Crippen LogP contribution >= 0.6 is 11.8 Å². The summed E-state index contributed by atoms with van der Waals surface area (Å²) in [4.78, 5) is 38.2. The Morgan fingerprint density at radius 1 is 1.18 bits per heavy atom. The molecule has 22 heavy (non-hydrogen) atoms. The molecule has 1 atom stereocenters. The van der Waals surface area contributed by atoms with Crippen molar-refractivity contribution in [1.82, 2.24) is 10.2 Å². The van der Waals surface area contributed by atoms with Crippen LogP contribution in [0.5, 0.6) is 0 Å². The lowest BCUT2D eigenvalue weighted by atomic mass is 10.1. The second kappa shape index (κ2) is 6.12. The van der Waals surface area contributed by atoms with Crippen LogP contribution in [0.4, 0.5) is 0 Å². The van der Waals surface area contributed by atoms with Crippen molar-refractivity contribution in [1.29, 1.82) is 0 Å². The topological polar surface area (TPSA) is 66.5 Å². The average Bonchev–Trinajstić information content (AvgIpc) is 2.79. The lowest BCUT2D eigenvalue weighted by molar-refractivity contribution is -0.125. The SMILES string of the molecule is C[C@H](C(=O)NC1CCSCC1)N1C(=O)c2ccccc2C1=O. The summed E-state index contributed by atoms with van der Waals surface area (Å²) in [7, 11) is 0. The lowest BCUT2D eigenvalue weighted by Gasteiger charge is -2.27. The Bertz CT molecular complexity index is 591. The van der Waals surface area contributed by atoms with Gasteiger partial charge >= 0.3 is 0 Å². The van der Waals surface area contributed by atoms with Gasteiger partial charge in [-0.1, -0.05) is 12.1 Å². The zero-order valence-electron chi connectivity index (χ0n) is 12.4. The zero-order valence-corrected chi connectivity index (χ0v) is 13.2. The van der Waals surface area contributed by atoms with Crippen LogP contribution in [0.2, 0.25) is 0 Å². The van der Waals surface area contributed by atoms with E-state index in [1.54, 1.807) is 31.2 Å². The zero-order chi connectivity index (χ0) is 15.7. The van der Waals surface area contributed by atoms with E-state index >= 15 is 0 Å². The number of hydrogen-bond donors (Lipinski definition) is 1. The van der Waals surface area contributed by atoms with E-state index in [9.17, 15) is 14.4 Å². The summed E-state index contributed by atoms with van der Waals surface area (Å²) in [5.74, 6) is 1.04. The maximum absolute atomic E-state index is 12.4. The predicted molar refractivity (Wildman–Crippen MR) is 84.9 cm³/mol. The Labute approximate surface area is 133 Å². The van der Waals surface area contributed by atoms with Gasteiger partial charge in [0.05, 0.1) is 11.1 Å². The van der Waals surface area contributed by atoms with Crippen molar-refractivity contribution in [3.8, 4) is 0 Å². The normalized spacial score (nSPS) is 20.0. The van der Waals surface area contributed by atoms with Gasteiger partial charge in [-0.15, -0.1) is 0 Å². The summed E-state index contributed by atoms with van der Waals surface area (Å²) < 4.78 is 0. The molecule has 1 N–H and O–H groups in total. The molecule has 3 amide bonds. The van der Waals surface area contributed by atoms with Gasteiger partial charge in [0.25, 0.3) is 11.8 Å². The van der Waals surface area contributed by atoms with E-state index in [1.807, 2.05) is 11.8 Å². The molecule has 116 valence electrons. The highest BCUT2D eigenvalue weighted by atomic mass is 32.2. The van der Waals surface area contributed by atoms with E-state index in [0.29, 0.717) is 11.1 Å².